The molecular formula is C36H38O12S2. The molecule has 3 aromatic carbocycles. The van der Waals surface area contributed by atoms with Crippen LogP contribution in [0.15, 0.2) is 84.9 Å². The van der Waals surface area contributed by atoms with E-state index >= 15 is 0 Å². The highest BCUT2D eigenvalue weighted by Gasteiger charge is 2.66. The molecule has 4 atom stereocenters. The van der Waals surface area contributed by atoms with Gasteiger partial charge in [0.25, 0.3) is 0 Å². The van der Waals surface area contributed by atoms with Crippen molar-refractivity contribution < 1.29 is 55.0 Å². The first-order chi connectivity index (χ1) is 23.7. The molecule has 2 fully saturated rings. The number of carbonyl (C=O) groups is 4. The normalized spacial score (nSPS) is 24.6. The molecule has 14 heteroatoms. The second-order valence-electron chi connectivity index (χ2n) is 12.6. The zero-order valence-corrected chi connectivity index (χ0v) is 29.6. The summed E-state index contributed by atoms with van der Waals surface area (Å²) >= 11 is 0. The maximum Gasteiger partial charge on any atom is 0.324 e. The fourth-order valence-electron chi connectivity index (χ4n) is 7.94. The second-order valence-corrected chi connectivity index (χ2v) is 16.9. The predicted molar refractivity (Wildman–Crippen MR) is 181 cm³/mol. The highest BCUT2D eigenvalue weighted by Crippen LogP contribution is 2.56. The van der Waals surface area contributed by atoms with Crippen LogP contribution in [0.4, 0.5) is 0 Å². The molecule has 0 N–H and O–H groups in total. The Balaban J connectivity index is 1.81. The Bertz CT molecular complexity index is 1820. The van der Waals surface area contributed by atoms with Crippen molar-refractivity contribution >= 4 is 43.6 Å². The third kappa shape index (κ3) is 6.08. The Morgan fingerprint density at radius 1 is 0.460 bits per heavy atom. The van der Waals surface area contributed by atoms with Crippen molar-refractivity contribution in [2.45, 2.75) is 23.7 Å². The molecule has 5 rings (SSSR count). The standard InChI is InChI=1S/C36H38O12S2/c1-45-31(37)35(32(38)46-2)27(23-12-7-5-8-13-23)19-49(41,42)21-29(35)25-16-11-17-26(18-25)30-22-50(43,44)20-28(24-14-9-6-10-15-24)36(30,33(39)47-3)34(40)48-4/h5-18,27-30H,19-22H2,1-4H3/t27-,28?,29+,30?/m0/s1. The first-order valence-corrected chi connectivity index (χ1v) is 19.3. The Kier molecular flexibility index (Phi) is 10.3. The van der Waals surface area contributed by atoms with E-state index in [0.29, 0.717) is 11.1 Å². The van der Waals surface area contributed by atoms with Gasteiger partial charge in [0.15, 0.2) is 30.5 Å². The molecule has 0 radical (unpaired) electrons. The lowest BCUT2D eigenvalue weighted by Crippen LogP contribution is -2.57. The van der Waals surface area contributed by atoms with E-state index in [-0.39, 0.29) is 11.1 Å². The molecule has 0 spiro atoms. The number of methoxy groups -OCH3 is 4. The van der Waals surface area contributed by atoms with Gasteiger partial charge in [-0.05, 0) is 22.3 Å². The summed E-state index contributed by atoms with van der Waals surface area (Å²) in [6.45, 7) is 0. The van der Waals surface area contributed by atoms with E-state index in [1.807, 2.05) is 0 Å². The van der Waals surface area contributed by atoms with Crippen molar-refractivity contribution in [2.75, 3.05) is 51.5 Å². The van der Waals surface area contributed by atoms with Crippen LogP contribution in [0.3, 0.4) is 0 Å². The summed E-state index contributed by atoms with van der Waals surface area (Å²) in [4.78, 5) is 55.9. The number of sulfone groups is 2. The van der Waals surface area contributed by atoms with Crippen LogP contribution in [-0.2, 0) is 57.8 Å². The van der Waals surface area contributed by atoms with E-state index in [9.17, 15) is 36.0 Å². The van der Waals surface area contributed by atoms with Gasteiger partial charge in [-0.3, -0.25) is 19.2 Å². The van der Waals surface area contributed by atoms with Gasteiger partial charge in [0.05, 0.1) is 51.5 Å². The van der Waals surface area contributed by atoms with Crippen LogP contribution in [0.25, 0.3) is 0 Å². The lowest BCUT2D eigenvalue weighted by atomic mass is 9.61. The minimum Gasteiger partial charge on any atom is -0.468 e. The maximum atomic E-state index is 14.0. The number of rotatable bonds is 8. The van der Waals surface area contributed by atoms with E-state index in [1.165, 1.54) is 24.3 Å². The van der Waals surface area contributed by atoms with Crippen molar-refractivity contribution in [3.8, 4) is 0 Å². The Hall–Kier alpha value is -4.56. The molecular weight excluding hydrogens is 689 g/mol. The first kappa shape index (κ1) is 36.7. The lowest BCUT2D eigenvalue weighted by Gasteiger charge is -2.46. The maximum absolute atomic E-state index is 14.0. The number of carbonyl (C=O) groups excluding carboxylic acids is 4. The van der Waals surface area contributed by atoms with E-state index in [1.54, 1.807) is 60.7 Å². The van der Waals surface area contributed by atoms with Gasteiger partial charge in [-0.1, -0.05) is 84.9 Å². The molecule has 266 valence electrons. The minimum absolute atomic E-state index is 0.144. The lowest BCUT2D eigenvalue weighted by molar-refractivity contribution is -0.174. The van der Waals surface area contributed by atoms with E-state index in [2.05, 4.69) is 0 Å². The molecule has 12 nitrogen and oxygen atoms in total. The monoisotopic (exact) mass is 726 g/mol. The van der Waals surface area contributed by atoms with Crippen molar-refractivity contribution in [1.82, 2.24) is 0 Å². The van der Waals surface area contributed by atoms with E-state index in [4.69, 9.17) is 18.9 Å². The average molecular weight is 727 g/mol. The molecule has 2 aliphatic heterocycles. The van der Waals surface area contributed by atoms with Gasteiger partial charge in [-0.25, -0.2) is 16.8 Å². The molecule has 3 aromatic rings. The van der Waals surface area contributed by atoms with Gasteiger partial charge in [0.2, 0.25) is 0 Å². The van der Waals surface area contributed by atoms with E-state index < -0.39 is 101 Å². The van der Waals surface area contributed by atoms with Gasteiger partial charge in [-0.15, -0.1) is 0 Å². The topological polar surface area (TPSA) is 173 Å². The first-order valence-electron chi connectivity index (χ1n) is 15.7. The van der Waals surface area contributed by atoms with Gasteiger partial charge >= 0.3 is 23.9 Å². The zero-order valence-electron chi connectivity index (χ0n) is 27.9. The smallest absolute Gasteiger partial charge is 0.324 e. The average Bonchev–Trinajstić information content (AvgIpc) is 3.13. The SMILES string of the molecule is COC(=O)C1(C(=O)OC)C(c2ccccc2)CS(=O)(=O)CC1c1cccc([C@H]2CS(=O)(=O)C[C@@H](c3ccccc3)C2(C(=O)OC)C(=O)OC)c1. The largest absolute Gasteiger partial charge is 0.468 e. The Morgan fingerprint density at radius 3 is 1.00 bits per heavy atom. The number of ether oxygens (including phenoxy) is 4. The van der Waals surface area contributed by atoms with Gasteiger partial charge in [0, 0.05) is 23.7 Å². The van der Waals surface area contributed by atoms with Crippen LogP contribution < -0.4 is 0 Å². The number of hydrogen-bond acceptors (Lipinski definition) is 12. The van der Waals surface area contributed by atoms with Gasteiger partial charge in [-0.2, -0.15) is 0 Å². The van der Waals surface area contributed by atoms with Gasteiger partial charge in [0.1, 0.15) is 0 Å². The summed E-state index contributed by atoms with van der Waals surface area (Å²) in [6.07, 6.45) is 0. The predicted octanol–water partition coefficient (Wildman–Crippen LogP) is 2.94. The van der Waals surface area contributed by atoms with Crippen LogP contribution in [0, 0.1) is 10.8 Å². The molecule has 0 saturated carbocycles. The summed E-state index contributed by atoms with van der Waals surface area (Å²) in [7, 11) is -3.55. The van der Waals surface area contributed by atoms with Crippen molar-refractivity contribution in [3.63, 3.8) is 0 Å². The molecule has 2 heterocycles. The highest BCUT2D eigenvalue weighted by atomic mass is 32.2. The molecule has 0 bridgehead atoms. The van der Waals surface area contributed by atoms with Gasteiger partial charge < -0.3 is 18.9 Å². The Morgan fingerprint density at radius 2 is 0.720 bits per heavy atom. The highest BCUT2D eigenvalue weighted by molar-refractivity contribution is 7.91. The third-order valence-corrected chi connectivity index (χ3v) is 13.5. The molecule has 0 aliphatic carbocycles. The Labute approximate surface area is 290 Å². The molecule has 2 saturated heterocycles. The molecule has 2 aliphatic rings. The van der Waals surface area contributed by atoms with Crippen LogP contribution in [0.5, 0.6) is 0 Å². The zero-order chi connectivity index (χ0) is 36.5. The van der Waals surface area contributed by atoms with Crippen molar-refractivity contribution in [1.29, 1.82) is 0 Å². The van der Waals surface area contributed by atoms with E-state index in [0.717, 1.165) is 28.4 Å². The third-order valence-electron chi connectivity index (χ3n) is 10.1. The van der Waals surface area contributed by atoms with Crippen LogP contribution in [0.1, 0.15) is 45.9 Å². The second kappa shape index (κ2) is 14.0. The summed E-state index contributed by atoms with van der Waals surface area (Å²) in [5, 5.41) is 0. The fraction of sp³-hybridized carbons (Fsp3) is 0.389. The number of esters is 4. The molecule has 0 amide bonds. The summed E-state index contributed by atoms with van der Waals surface area (Å²) in [6, 6.07) is 22.4. The molecule has 2 unspecified atom stereocenters. The summed E-state index contributed by atoms with van der Waals surface area (Å²) < 4.78 is 75.5. The van der Waals surface area contributed by atoms with Crippen molar-refractivity contribution in [2.24, 2.45) is 10.8 Å². The van der Waals surface area contributed by atoms with Crippen LogP contribution >= 0.6 is 0 Å². The molecule has 50 heavy (non-hydrogen) atoms. The summed E-state index contributed by atoms with van der Waals surface area (Å²) in [5.41, 5.74) is -3.36. The van der Waals surface area contributed by atoms with Crippen molar-refractivity contribution in [3.05, 3.63) is 107 Å². The minimum atomic E-state index is -3.95. The number of hydrogen-bond donors (Lipinski definition) is 0. The fourth-order valence-corrected chi connectivity index (χ4v) is 12.1. The number of benzene rings is 3. The van der Waals surface area contributed by atoms with Crippen LogP contribution in [-0.4, -0.2) is 92.2 Å². The molecule has 0 aromatic heterocycles. The van der Waals surface area contributed by atoms with Crippen LogP contribution in [0.2, 0.25) is 0 Å². The summed E-state index contributed by atoms with van der Waals surface area (Å²) in [5.74, 6) is -11.8. The quantitative estimate of drug-likeness (QED) is 0.189.